The van der Waals surface area contributed by atoms with Gasteiger partial charge >= 0.3 is 0 Å². The first kappa shape index (κ1) is 15.3. The first-order valence-electron chi connectivity index (χ1n) is 7.67. The highest BCUT2D eigenvalue weighted by atomic mass is 15.3. The summed E-state index contributed by atoms with van der Waals surface area (Å²) in [4.78, 5) is 0. The van der Waals surface area contributed by atoms with Crippen molar-refractivity contribution in [2.75, 3.05) is 0 Å². The summed E-state index contributed by atoms with van der Waals surface area (Å²) in [6.07, 6.45) is 14.7. The SMILES string of the molecule is CCCCCCC(C)(CC)CCCn1cccn1. The van der Waals surface area contributed by atoms with E-state index in [0.717, 1.165) is 6.54 Å². The molecule has 0 N–H and O–H groups in total. The van der Waals surface area contributed by atoms with Crippen molar-refractivity contribution in [2.24, 2.45) is 5.41 Å². The van der Waals surface area contributed by atoms with Gasteiger partial charge in [-0.1, -0.05) is 52.9 Å². The quantitative estimate of drug-likeness (QED) is 0.531. The first-order valence-corrected chi connectivity index (χ1v) is 7.67. The third-order valence-corrected chi connectivity index (χ3v) is 4.21. The van der Waals surface area contributed by atoms with Gasteiger partial charge in [-0.25, -0.2) is 0 Å². The summed E-state index contributed by atoms with van der Waals surface area (Å²) < 4.78 is 2.05. The number of aromatic nitrogens is 2. The van der Waals surface area contributed by atoms with E-state index in [1.54, 1.807) is 0 Å². The Balaban J connectivity index is 2.21. The molecule has 1 aromatic heterocycles. The molecule has 0 spiro atoms. The number of nitrogens with zero attached hydrogens (tertiary/aromatic N) is 2. The van der Waals surface area contributed by atoms with Crippen LogP contribution in [-0.2, 0) is 6.54 Å². The van der Waals surface area contributed by atoms with Crippen LogP contribution in [0.3, 0.4) is 0 Å². The van der Waals surface area contributed by atoms with Gasteiger partial charge in [0.1, 0.15) is 0 Å². The second-order valence-corrected chi connectivity index (χ2v) is 5.85. The molecular weight excluding hydrogens is 220 g/mol. The van der Waals surface area contributed by atoms with Crippen LogP contribution in [0.5, 0.6) is 0 Å². The standard InChI is InChI=1S/C16H30N2/c1-4-6-7-8-11-16(3,5-2)12-9-14-18-15-10-13-17-18/h10,13,15H,4-9,11-12,14H2,1-3H3. The minimum atomic E-state index is 0.543. The molecule has 104 valence electrons. The fraction of sp³-hybridized carbons (Fsp3) is 0.812. The van der Waals surface area contributed by atoms with Crippen LogP contribution in [0.25, 0.3) is 0 Å². The maximum Gasteiger partial charge on any atom is 0.0489 e. The Kier molecular flexibility index (Phi) is 7.07. The van der Waals surface area contributed by atoms with E-state index in [2.05, 4.69) is 32.1 Å². The Hall–Kier alpha value is -0.790. The van der Waals surface area contributed by atoms with Crippen LogP contribution >= 0.6 is 0 Å². The van der Waals surface area contributed by atoms with E-state index in [9.17, 15) is 0 Å². The third-order valence-electron chi connectivity index (χ3n) is 4.21. The van der Waals surface area contributed by atoms with E-state index >= 15 is 0 Å². The molecule has 1 heterocycles. The Morgan fingerprint density at radius 1 is 1.06 bits per heavy atom. The van der Waals surface area contributed by atoms with Crippen LogP contribution in [0.1, 0.15) is 72.1 Å². The zero-order valence-electron chi connectivity index (χ0n) is 12.5. The maximum atomic E-state index is 4.26. The lowest BCUT2D eigenvalue weighted by atomic mass is 9.78. The van der Waals surface area contributed by atoms with Crippen molar-refractivity contribution in [1.29, 1.82) is 0 Å². The van der Waals surface area contributed by atoms with E-state index < -0.39 is 0 Å². The molecule has 1 aromatic rings. The largest absolute Gasteiger partial charge is 0.273 e. The number of hydrogen-bond donors (Lipinski definition) is 0. The summed E-state index contributed by atoms with van der Waals surface area (Å²) in [6.45, 7) is 8.15. The normalized spacial score (nSPS) is 14.6. The van der Waals surface area contributed by atoms with Crippen molar-refractivity contribution < 1.29 is 0 Å². The molecular formula is C16H30N2. The molecule has 18 heavy (non-hydrogen) atoms. The van der Waals surface area contributed by atoms with Crippen LogP contribution in [0.2, 0.25) is 0 Å². The maximum absolute atomic E-state index is 4.26. The molecule has 1 atom stereocenters. The number of aryl methyl sites for hydroxylation is 1. The van der Waals surface area contributed by atoms with Crippen LogP contribution in [-0.4, -0.2) is 9.78 Å². The monoisotopic (exact) mass is 250 g/mol. The molecule has 0 fully saturated rings. The number of rotatable bonds is 10. The van der Waals surface area contributed by atoms with Crippen molar-refractivity contribution in [1.82, 2.24) is 9.78 Å². The average molecular weight is 250 g/mol. The summed E-state index contributed by atoms with van der Waals surface area (Å²) in [5, 5.41) is 4.26. The predicted molar refractivity (Wildman–Crippen MR) is 78.6 cm³/mol. The molecule has 0 radical (unpaired) electrons. The Labute approximate surface area is 113 Å². The molecule has 0 saturated carbocycles. The minimum Gasteiger partial charge on any atom is -0.273 e. The highest BCUT2D eigenvalue weighted by molar-refractivity contribution is 4.78. The van der Waals surface area contributed by atoms with Gasteiger partial charge in [0.15, 0.2) is 0 Å². The Morgan fingerprint density at radius 3 is 2.44 bits per heavy atom. The van der Waals surface area contributed by atoms with E-state index in [4.69, 9.17) is 0 Å². The molecule has 1 unspecified atom stereocenters. The average Bonchev–Trinajstić information content (AvgIpc) is 2.88. The number of hydrogen-bond acceptors (Lipinski definition) is 1. The van der Waals surface area contributed by atoms with Gasteiger partial charge in [0.05, 0.1) is 0 Å². The van der Waals surface area contributed by atoms with E-state index in [0.29, 0.717) is 5.41 Å². The van der Waals surface area contributed by atoms with Gasteiger partial charge in [-0.2, -0.15) is 5.10 Å². The van der Waals surface area contributed by atoms with Crippen molar-refractivity contribution in [3.8, 4) is 0 Å². The molecule has 0 amide bonds. The van der Waals surface area contributed by atoms with Crippen LogP contribution in [0.4, 0.5) is 0 Å². The van der Waals surface area contributed by atoms with E-state index in [-0.39, 0.29) is 0 Å². The summed E-state index contributed by atoms with van der Waals surface area (Å²) in [5.74, 6) is 0. The molecule has 2 nitrogen and oxygen atoms in total. The zero-order chi connectivity index (χ0) is 13.3. The van der Waals surface area contributed by atoms with Gasteiger partial charge in [0, 0.05) is 18.9 Å². The smallest absolute Gasteiger partial charge is 0.0489 e. The summed E-state index contributed by atoms with van der Waals surface area (Å²) in [5.41, 5.74) is 0.543. The Morgan fingerprint density at radius 2 is 1.83 bits per heavy atom. The second kappa shape index (κ2) is 8.34. The van der Waals surface area contributed by atoms with Gasteiger partial charge in [0.2, 0.25) is 0 Å². The molecule has 2 heteroatoms. The van der Waals surface area contributed by atoms with Crippen LogP contribution in [0, 0.1) is 5.41 Å². The first-order chi connectivity index (χ1) is 8.70. The fourth-order valence-corrected chi connectivity index (χ4v) is 2.56. The second-order valence-electron chi connectivity index (χ2n) is 5.85. The highest BCUT2D eigenvalue weighted by Crippen LogP contribution is 2.33. The van der Waals surface area contributed by atoms with Gasteiger partial charge in [0.25, 0.3) is 0 Å². The van der Waals surface area contributed by atoms with Gasteiger partial charge in [-0.05, 0) is 30.7 Å². The summed E-state index contributed by atoms with van der Waals surface area (Å²) >= 11 is 0. The van der Waals surface area contributed by atoms with Gasteiger partial charge < -0.3 is 0 Å². The third kappa shape index (κ3) is 5.70. The van der Waals surface area contributed by atoms with Crippen LogP contribution in [0.15, 0.2) is 18.5 Å². The van der Waals surface area contributed by atoms with Crippen molar-refractivity contribution >= 4 is 0 Å². The van der Waals surface area contributed by atoms with Crippen LogP contribution < -0.4 is 0 Å². The van der Waals surface area contributed by atoms with Gasteiger partial charge in [-0.3, -0.25) is 4.68 Å². The predicted octanol–water partition coefficient (Wildman–Crippen LogP) is 5.05. The summed E-state index contributed by atoms with van der Waals surface area (Å²) in [7, 11) is 0. The molecule has 1 rings (SSSR count). The topological polar surface area (TPSA) is 17.8 Å². The van der Waals surface area contributed by atoms with E-state index in [1.165, 1.54) is 51.4 Å². The Bertz CT molecular complexity index is 292. The summed E-state index contributed by atoms with van der Waals surface area (Å²) in [6, 6.07) is 2.00. The lowest BCUT2D eigenvalue weighted by Gasteiger charge is -2.28. The van der Waals surface area contributed by atoms with Gasteiger partial charge in [-0.15, -0.1) is 0 Å². The highest BCUT2D eigenvalue weighted by Gasteiger charge is 2.20. The van der Waals surface area contributed by atoms with Crippen molar-refractivity contribution in [2.45, 2.75) is 78.7 Å². The molecule has 0 bridgehead atoms. The minimum absolute atomic E-state index is 0.543. The fourth-order valence-electron chi connectivity index (χ4n) is 2.56. The molecule has 0 saturated heterocycles. The lowest BCUT2D eigenvalue weighted by molar-refractivity contribution is 0.238. The molecule has 0 aliphatic heterocycles. The van der Waals surface area contributed by atoms with Crippen molar-refractivity contribution in [3.05, 3.63) is 18.5 Å². The lowest BCUT2D eigenvalue weighted by Crippen LogP contribution is -2.16. The molecule has 0 aromatic carbocycles. The zero-order valence-corrected chi connectivity index (χ0v) is 12.5. The molecule has 0 aliphatic carbocycles. The number of unbranched alkanes of at least 4 members (excludes halogenated alkanes) is 3. The molecule has 0 aliphatic rings. The van der Waals surface area contributed by atoms with Crippen molar-refractivity contribution in [3.63, 3.8) is 0 Å². The van der Waals surface area contributed by atoms with E-state index in [1.807, 2.05) is 16.9 Å².